The highest BCUT2D eigenvalue weighted by Crippen LogP contribution is 2.39. The van der Waals surface area contributed by atoms with Crippen LogP contribution in [0.5, 0.6) is 0 Å². The molecule has 0 spiro atoms. The first-order valence-corrected chi connectivity index (χ1v) is 4.43. The van der Waals surface area contributed by atoms with Gasteiger partial charge in [-0.1, -0.05) is 35.9 Å². The van der Waals surface area contributed by atoms with Crippen LogP contribution in [0.25, 0.3) is 21.9 Å². The molecule has 2 aliphatic rings. The van der Waals surface area contributed by atoms with Gasteiger partial charge < -0.3 is 0 Å². The molecule has 0 aromatic heterocycles. The third-order valence-corrected chi connectivity index (χ3v) is 2.82. The van der Waals surface area contributed by atoms with Crippen molar-refractivity contribution in [1.29, 1.82) is 0 Å². The predicted octanol–water partition coefficient (Wildman–Crippen LogP) is 2.83. The van der Waals surface area contributed by atoms with Gasteiger partial charge in [-0.3, -0.25) is 4.79 Å². The summed E-state index contributed by atoms with van der Waals surface area (Å²) in [6, 6.07) is 9.79. The van der Waals surface area contributed by atoms with Crippen LogP contribution in [0.2, 0.25) is 5.02 Å². The smallest absolute Gasteiger partial charge is 0.205 e. The van der Waals surface area contributed by atoms with Crippen molar-refractivity contribution in [1.82, 2.24) is 0 Å². The van der Waals surface area contributed by atoms with E-state index in [1.54, 1.807) is 0 Å². The highest BCUT2D eigenvalue weighted by Gasteiger charge is 2.23. The van der Waals surface area contributed by atoms with E-state index in [9.17, 15) is 4.79 Å². The highest BCUT2D eigenvalue weighted by molar-refractivity contribution is 6.37. The minimum Gasteiger partial charge on any atom is -0.288 e. The second-order valence-electron chi connectivity index (χ2n) is 3.16. The zero-order chi connectivity index (χ0) is 9.00. The number of halogens is 1. The first kappa shape index (κ1) is 7.10. The number of hydrogen-bond acceptors (Lipinski definition) is 1. The molecule has 0 saturated carbocycles. The fraction of sp³-hybridized carbons (Fsp3) is 0. The molecule has 1 aromatic carbocycles. The van der Waals surface area contributed by atoms with Crippen LogP contribution >= 0.6 is 11.6 Å². The van der Waals surface area contributed by atoms with Gasteiger partial charge in [0.1, 0.15) is 0 Å². The molecule has 0 atom stereocenters. The maximum atomic E-state index is 11.3. The number of benzene rings is 1. The molecule has 0 bridgehead atoms. The molecule has 0 fully saturated rings. The van der Waals surface area contributed by atoms with E-state index in [4.69, 9.17) is 11.6 Å². The summed E-state index contributed by atoms with van der Waals surface area (Å²) in [6.45, 7) is 0. The Kier molecular flexibility index (Phi) is 1.16. The third-order valence-electron chi connectivity index (χ3n) is 2.46. The Bertz CT molecular complexity index is 587. The SMILES string of the molecule is O=c1c2cc3ccccc3c-2c1Cl. The van der Waals surface area contributed by atoms with Crippen LogP contribution < -0.4 is 5.43 Å². The van der Waals surface area contributed by atoms with Gasteiger partial charge in [0.15, 0.2) is 0 Å². The van der Waals surface area contributed by atoms with Crippen molar-refractivity contribution in [2.45, 2.75) is 0 Å². The molecule has 0 aliphatic heterocycles. The van der Waals surface area contributed by atoms with Crippen LogP contribution in [-0.2, 0) is 0 Å². The van der Waals surface area contributed by atoms with Crippen LogP contribution in [0.4, 0.5) is 0 Å². The van der Waals surface area contributed by atoms with Crippen molar-refractivity contribution in [2.75, 3.05) is 0 Å². The highest BCUT2D eigenvalue weighted by atomic mass is 35.5. The van der Waals surface area contributed by atoms with Crippen LogP contribution in [0.3, 0.4) is 0 Å². The zero-order valence-corrected chi connectivity index (χ0v) is 7.43. The van der Waals surface area contributed by atoms with Gasteiger partial charge >= 0.3 is 0 Å². The molecule has 13 heavy (non-hydrogen) atoms. The number of hydrogen-bond donors (Lipinski definition) is 0. The molecule has 1 nitrogen and oxygen atoms in total. The predicted molar refractivity (Wildman–Crippen MR) is 54.2 cm³/mol. The summed E-state index contributed by atoms with van der Waals surface area (Å²) in [5, 5.41) is 2.56. The quantitative estimate of drug-likeness (QED) is 0.530. The van der Waals surface area contributed by atoms with Crippen LogP contribution in [0, 0.1) is 0 Å². The van der Waals surface area contributed by atoms with Gasteiger partial charge in [0.05, 0.1) is 5.02 Å². The van der Waals surface area contributed by atoms with E-state index in [2.05, 4.69) is 0 Å². The largest absolute Gasteiger partial charge is 0.288 e. The summed E-state index contributed by atoms with van der Waals surface area (Å²) >= 11 is 5.82. The number of fused-ring (bicyclic) bond motifs is 3. The second kappa shape index (κ2) is 2.12. The van der Waals surface area contributed by atoms with Gasteiger partial charge in [-0.05, 0) is 16.8 Å². The summed E-state index contributed by atoms with van der Waals surface area (Å²) in [5.41, 5.74) is 1.68. The zero-order valence-electron chi connectivity index (χ0n) is 6.67. The Balaban J connectivity index is 2.62. The molecule has 62 valence electrons. The van der Waals surface area contributed by atoms with Gasteiger partial charge in [-0.2, -0.15) is 0 Å². The van der Waals surface area contributed by atoms with E-state index >= 15 is 0 Å². The molecule has 0 heterocycles. The maximum absolute atomic E-state index is 11.3. The van der Waals surface area contributed by atoms with Gasteiger partial charge in [0.2, 0.25) is 5.43 Å². The molecule has 2 heteroatoms. The molecule has 0 radical (unpaired) electrons. The Labute approximate surface area is 79.6 Å². The lowest BCUT2D eigenvalue weighted by Gasteiger charge is -2.05. The van der Waals surface area contributed by atoms with Crippen molar-refractivity contribution in [2.24, 2.45) is 0 Å². The average molecular weight is 189 g/mol. The summed E-state index contributed by atoms with van der Waals surface area (Å²) in [5.74, 6) is 0. The van der Waals surface area contributed by atoms with Crippen molar-refractivity contribution >= 4 is 22.4 Å². The Morgan fingerprint density at radius 2 is 1.92 bits per heavy atom. The van der Waals surface area contributed by atoms with Crippen LogP contribution in [0.1, 0.15) is 0 Å². The molecule has 0 N–H and O–H groups in total. The van der Waals surface area contributed by atoms with Crippen LogP contribution in [-0.4, -0.2) is 0 Å². The fourth-order valence-corrected chi connectivity index (χ4v) is 2.11. The van der Waals surface area contributed by atoms with Gasteiger partial charge in [-0.25, -0.2) is 0 Å². The monoisotopic (exact) mass is 188 g/mol. The molecule has 0 amide bonds. The first-order valence-electron chi connectivity index (χ1n) is 4.05. The summed E-state index contributed by atoms with van der Waals surface area (Å²) in [6.07, 6.45) is 0. The molecule has 3 rings (SSSR count). The minimum atomic E-state index is -0.0205. The van der Waals surface area contributed by atoms with Crippen molar-refractivity contribution in [3.8, 4) is 11.1 Å². The second-order valence-corrected chi connectivity index (χ2v) is 3.54. The molecular weight excluding hydrogens is 184 g/mol. The Morgan fingerprint density at radius 3 is 2.77 bits per heavy atom. The van der Waals surface area contributed by atoms with E-state index in [0.29, 0.717) is 5.02 Å². The lowest BCUT2D eigenvalue weighted by atomic mass is 10.0. The van der Waals surface area contributed by atoms with Crippen molar-refractivity contribution < 1.29 is 0 Å². The standard InChI is InChI=1S/C11H5ClO/c12-10-9-7-4-2-1-3-6(7)5-8(9)11(10)13/h1-5H. The third kappa shape index (κ3) is 0.706. The van der Waals surface area contributed by atoms with Gasteiger partial charge in [0, 0.05) is 11.1 Å². The summed E-state index contributed by atoms with van der Waals surface area (Å²) in [4.78, 5) is 11.3. The maximum Gasteiger partial charge on any atom is 0.205 e. The van der Waals surface area contributed by atoms with E-state index in [1.165, 1.54) is 0 Å². The summed E-state index contributed by atoms with van der Waals surface area (Å²) < 4.78 is 0. The van der Waals surface area contributed by atoms with E-state index in [0.717, 1.165) is 21.9 Å². The fourth-order valence-electron chi connectivity index (χ4n) is 1.81. The Morgan fingerprint density at radius 1 is 1.15 bits per heavy atom. The van der Waals surface area contributed by atoms with Gasteiger partial charge in [-0.15, -0.1) is 0 Å². The average Bonchev–Trinajstić information content (AvgIpc) is 2.52. The lowest BCUT2D eigenvalue weighted by Crippen LogP contribution is -2.11. The van der Waals surface area contributed by atoms with Crippen molar-refractivity contribution in [3.63, 3.8) is 0 Å². The first-order chi connectivity index (χ1) is 6.29. The summed E-state index contributed by atoms with van der Waals surface area (Å²) in [7, 11) is 0. The normalized spacial score (nSPS) is 11.8. The number of rotatable bonds is 0. The van der Waals surface area contributed by atoms with Crippen molar-refractivity contribution in [3.05, 3.63) is 45.6 Å². The van der Waals surface area contributed by atoms with E-state index in [1.807, 2.05) is 30.3 Å². The molecular formula is C11H5ClO. The molecule has 1 aromatic rings. The van der Waals surface area contributed by atoms with Crippen LogP contribution in [0.15, 0.2) is 35.1 Å². The minimum absolute atomic E-state index is 0.0205. The molecule has 0 unspecified atom stereocenters. The molecule has 2 aliphatic carbocycles. The lowest BCUT2D eigenvalue weighted by molar-refractivity contribution is 1.56. The Hall–Kier alpha value is -1.34. The van der Waals surface area contributed by atoms with Gasteiger partial charge in [0.25, 0.3) is 0 Å². The van der Waals surface area contributed by atoms with E-state index < -0.39 is 0 Å². The topological polar surface area (TPSA) is 17.1 Å². The van der Waals surface area contributed by atoms with E-state index in [-0.39, 0.29) is 5.43 Å². The molecule has 0 saturated heterocycles.